The first-order valence-corrected chi connectivity index (χ1v) is 15.6. The van der Waals surface area contributed by atoms with E-state index in [2.05, 4.69) is 41.2 Å². The Hall–Kier alpha value is -0.830. The molecule has 6 fully saturated rings. The van der Waals surface area contributed by atoms with Crippen molar-refractivity contribution in [1.82, 2.24) is 0 Å². The fourth-order valence-corrected chi connectivity index (χ4v) is 13.4. The molecule has 0 radical (unpaired) electrons. The summed E-state index contributed by atoms with van der Waals surface area (Å²) >= 11 is 6.48. The number of hydrogen-bond acceptors (Lipinski definition) is 3. The number of rotatable bonds is 3. The largest absolute Gasteiger partial charge is 0.462 e. The summed E-state index contributed by atoms with van der Waals surface area (Å²) in [5.74, 6) is 1.87. The number of allylic oxidation sites excluding steroid dienone is 1. The summed E-state index contributed by atoms with van der Waals surface area (Å²) in [6.07, 6.45) is 13.8. The second kappa shape index (κ2) is 7.88. The molecule has 3 nitrogen and oxygen atoms in total. The van der Waals surface area contributed by atoms with E-state index in [-0.39, 0.29) is 49.8 Å². The molecule has 206 valence electrons. The van der Waals surface area contributed by atoms with Gasteiger partial charge in [-0.1, -0.05) is 39.8 Å². The van der Waals surface area contributed by atoms with Crippen LogP contribution in [0, 0.1) is 56.2 Å². The molecule has 37 heavy (non-hydrogen) atoms. The van der Waals surface area contributed by atoms with Crippen LogP contribution < -0.4 is 0 Å². The van der Waals surface area contributed by atoms with Crippen molar-refractivity contribution >= 4 is 22.8 Å². The van der Waals surface area contributed by atoms with E-state index in [1.54, 1.807) is 6.92 Å². The zero-order valence-corrected chi connectivity index (χ0v) is 24.9. The van der Waals surface area contributed by atoms with E-state index in [1.165, 1.54) is 50.5 Å². The first-order chi connectivity index (χ1) is 17.2. The van der Waals surface area contributed by atoms with Gasteiger partial charge in [0.2, 0.25) is 5.24 Å². The molecule has 0 amide bonds. The highest BCUT2D eigenvalue weighted by atomic mass is 35.5. The second-order valence-corrected chi connectivity index (χ2v) is 15.9. The van der Waals surface area contributed by atoms with Gasteiger partial charge in [0, 0.05) is 17.8 Å². The molecule has 0 heterocycles. The molecular weight excluding hydrogens is 480 g/mol. The van der Waals surface area contributed by atoms with Gasteiger partial charge < -0.3 is 4.74 Å². The minimum atomic E-state index is -0.340. The zero-order chi connectivity index (χ0) is 26.8. The van der Waals surface area contributed by atoms with Crippen molar-refractivity contribution in [3.8, 4) is 0 Å². The molecule has 11 unspecified atom stereocenters. The van der Waals surface area contributed by atoms with Gasteiger partial charge in [-0.3, -0.25) is 9.59 Å². The van der Waals surface area contributed by atoms with Gasteiger partial charge in [-0.05, 0) is 141 Å². The molecule has 6 rings (SSSR count). The highest BCUT2D eigenvalue weighted by molar-refractivity contribution is 6.64. The van der Waals surface area contributed by atoms with Crippen LogP contribution in [0.3, 0.4) is 0 Å². The third-order valence-corrected chi connectivity index (χ3v) is 15.6. The highest BCUT2D eigenvalue weighted by Gasteiger charge is 2.78. The fraction of sp³-hybridized carbons (Fsp3) is 0.879. The normalized spacial score (nSPS) is 55.9. The van der Waals surface area contributed by atoms with Gasteiger partial charge in [-0.2, -0.15) is 0 Å². The fourth-order valence-electron chi connectivity index (χ4n) is 13.1. The third kappa shape index (κ3) is 2.87. The van der Waals surface area contributed by atoms with Gasteiger partial charge in [0.25, 0.3) is 0 Å². The lowest BCUT2D eigenvalue weighted by Gasteiger charge is -2.80. The molecule has 6 aliphatic carbocycles. The number of carbonyl (C=O) groups excluding carboxylic acids is 2. The third-order valence-electron chi connectivity index (χ3n) is 15.2. The van der Waals surface area contributed by atoms with E-state index in [0.29, 0.717) is 23.7 Å². The van der Waals surface area contributed by atoms with Crippen LogP contribution in [0.1, 0.15) is 119 Å². The first kappa shape index (κ1) is 26.4. The summed E-state index contributed by atoms with van der Waals surface area (Å²) in [5.41, 5.74) is 2.05. The number of ether oxygens (including phenoxy) is 1. The Morgan fingerprint density at radius 3 is 2.00 bits per heavy atom. The zero-order valence-electron chi connectivity index (χ0n) is 24.2. The molecule has 0 bridgehead atoms. The van der Waals surface area contributed by atoms with Crippen LogP contribution in [0.4, 0.5) is 0 Å². The molecule has 0 aromatic rings. The summed E-state index contributed by atoms with van der Waals surface area (Å²) in [6, 6.07) is 0. The standard InChI is InChI=1S/C33H49ClO3/c1-20(2)22-10-13-32(27(34)36)17-14-28(4)23(26(22)32)8-9-24-29(28,5)15-18-33-19-16-31(33,7)25(37-21(3)35)11-12-30(24,33)6/h22-26H,1,8-19H2,2-7H3. The van der Waals surface area contributed by atoms with Crippen molar-refractivity contribution in [2.75, 3.05) is 0 Å². The maximum absolute atomic E-state index is 13.1. The average molecular weight is 529 g/mol. The number of hydrogen-bond donors (Lipinski definition) is 0. The molecule has 4 heteroatoms. The molecule has 6 saturated carbocycles. The monoisotopic (exact) mass is 528 g/mol. The Bertz CT molecular complexity index is 1050. The van der Waals surface area contributed by atoms with Gasteiger partial charge in [-0.25, -0.2) is 0 Å². The number of fused-ring (bicyclic) bond motifs is 6. The number of esters is 1. The Kier molecular flexibility index (Phi) is 5.62. The van der Waals surface area contributed by atoms with Crippen LogP contribution in [-0.4, -0.2) is 17.3 Å². The van der Waals surface area contributed by atoms with Crippen molar-refractivity contribution in [1.29, 1.82) is 0 Å². The topological polar surface area (TPSA) is 43.4 Å². The number of halogens is 1. The lowest BCUT2D eigenvalue weighted by atomic mass is 9.25. The molecule has 0 aromatic carbocycles. The van der Waals surface area contributed by atoms with E-state index in [9.17, 15) is 9.59 Å². The van der Waals surface area contributed by atoms with Crippen LogP contribution >= 0.6 is 11.6 Å². The minimum absolute atomic E-state index is 0.0702. The molecular formula is C33H49ClO3. The van der Waals surface area contributed by atoms with E-state index in [0.717, 1.165) is 32.1 Å². The van der Waals surface area contributed by atoms with Crippen LogP contribution in [0.15, 0.2) is 12.2 Å². The lowest BCUT2D eigenvalue weighted by Crippen LogP contribution is -2.74. The van der Waals surface area contributed by atoms with Crippen molar-refractivity contribution in [3.05, 3.63) is 12.2 Å². The summed E-state index contributed by atoms with van der Waals surface area (Å²) in [6.45, 7) is 18.5. The van der Waals surface area contributed by atoms with E-state index in [4.69, 9.17) is 16.3 Å². The highest BCUT2D eigenvalue weighted by Crippen LogP contribution is 2.84. The Morgan fingerprint density at radius 2 is 1.41 bits per heavy atom. The minimum Gasteiger partial charge on any atom is -0.462 e. The molecule has 0 N–H and O–H groups in total. The van der Waals surface area contributed by atoms with Crippen molar-refractivity contribution in [3.63, 3.8) is 0 Å². The Balaban J connectivity index is 1.39. The van der Waals surface area contributed by atoms with Crippen LogP contribution in [0.25, 0.3) is 0 Å². The lowest BCUT2D eigenvalue weighted by molar-refractivity contribution is -0.324. The SMILES string of the molecule is C=C(C)C1CCC2(C(=O)Cl)CCC3(C)C(CCC4C3(C)CCC35CCC3(C)C(OC(C)=O)CCC45C)C12. The Morgan fingerprint density at radius 1 is 0.757 bits per heavy atom. The van der Waals surface area contributed by atoms with E-state index in [1.807, 2.05) is 0 Å². The Labute approximate surface area is 229 Å². The van der Waals surface area contributed by atoms with Crippen molar-refractivity contribution in [2.24, 2.45) is 56.2 Å². The smallest absolute Gasteiger partial charge is 0.302 e. The molecule has 11 atom stereocenters. The van der Waals surface area contributed by atoms with Crippen molar-refractivity contribution < 1.29 is 14.3 Å². The summed E-state index contributed by atoms with van der Waals surface area (Å²) < 4.78 is 6.01. The predicted molar refractivity (Wildman–Crippen MR) is 148 cm³/mol. The van der Waals surface area contributed by atoms with Crippen LogP contribution in [-0.2, 0) is 14.3 Å². The van der Waals surface area contributed by atoms with Gasteiger partial charge in [-0.15, -0.1) is 0 Å². The van der Waals surface area contributed by atoms with Gasteiger partial charge in [0.1, 0.15) is 6.10 Å². The van der Waals surface area contributed by atoms with Gasteiger partial charge >= 0.3 is 5.97 Å². The summed E-state index contributed by atoms with van der Waals surface area (Å²) in [4.78, 5) is 25.1. The molecule has 1 spiro atoms. The number of carbonyl (C=O) groups is 2. The van der Waals surface area contributed by atoms with Crippen LogP contribution in [0.2, 0.25) is 0 Å². The molecule has 0 aliphatic heterocycles. The first-order valence-electron chi connectivity index (χ1n) is 15.3. The molecule has 0 saturated heterocycles. The van der Waals surface area contributed by atoms with Crippen molar-refractivity contribution in [2.45, 2.75) is 125 Å². The maximum atomic E-state index is 13.1. The van der Waals surface area contributed by atoms with E-state index >= 15 is 0 Å². The second-order valence-electron chi connectivity index (χ2n) is 15.6. The van der Waals surface area contributed by atoms with Gasteiger partial charge in [0.15, 0.2) is 0 Å². The summed E-state index contributed by atoms with van der Waals surface area (Å²) in [5, 5.41) is -0.0702. The predicted octanol–water partition coefficient (Wildman–Crippen LogP) is 8.49. The average Bonchev–Trinajstić information content (AvgIpc) is 3.22. The molecule has 6 aliphatic rings. The van der Waals surface area contributed by atoms with E-state index < -0.39 is 0 Å². The summed E-state index contributed by atoms with van der Waals surface area (Å²) in [7, 11) is 0. The van der Waals surface area contributed by atoms with Crippen LogP contribution in [0.5, 0.6) is 0 Å². The maximum Gasteiger partial charge on any atom is 0.302 e. The quantitative estimate of drug-likeness (QED) is 0.209. The molecule has 0 aromatic heterocycles. The van der Waals surface area contributed by atoms with Gasteiger partial charge in [0.05, 0.1) is 0 Å².